The first kappa shape index (κ1) is 21.8. The van der Waals surface area contributed by atoms with Crippen molar-refractivity contribution in [2.45, 2.75) is 51.0 Å². The summed E-state index contributed by atoms with van der Waals surface area (Å²) >= 11 is 1.69. The van der Waals surface area contributed by atoms with Crippen molar-refractivity contribution in [2.75, 3.05) is 11.9 Å². The first-order valence-electron chi connectivity index (χ1n) is 10.5. The number of amides is 2. The fourth-order valence-electron chi connectivity index (χ4n) is 3.68. The van der Waals surface area contributed by atoms with Crippen molar-refractivity contribution in [2.24, 2.45) is 0 Å². The number of carbonyl (C=O) groups is 2. The number of hydrogen-bond donors (Lipinski definition) is 1. The Labute approximate surface area is 182 Å². The van der Waals surface area contributed by atoms with Gasteiger partial charge in [0.05, 0.1) is 17.3 Å². The first-order chi connectivity index (χ1) is 14.7. The van der Waals surface area contributed by atoms with Gasteiger partial charge in [-0.2, -0.15) is 5.26 Å². The summed E-state index contributed by atoms with van der Waals surface area (Å²) in [7, 11) is 0. The Morgan fingerprint density at radius 2 is 2.03 bits per heavy atom. The van der Waals surface area contributed by atoms with E-state index >= 15 is 0 Å². The van der Waals surface area contributed by atoms with Gasteiger partial charge < -0.3 is 10.2 Å². The molecule has 2 amide bonds. The van der Waals surface area contributed by atoms with Crippen LogP contribution in [0.1, 0.15) is 55.4 Å². The number of nitrogens with zero attached hydrogens (tertiary/aromatic N) is 2. The minimum atomic E-state index is -0.171. The quantitative estimate of drug-likeness (QED) is 0.667. The van der Waals surface area contributed by atoms with Crippen molar-refractivity contribution in [1.82, 2.24) is 4.90 Å². The van der Waals surface area contributed by atoms with Crippen molar-refractivity contribution in [3.63, 3.8) is 0 Å². The molecule has 1 aromatic carbocycles. The van der Waals surface area contributed by atoms with Gasteiger partial charge in [0.25, 0.3) is 0 Å². The Morgan fingerprint density at radius 1 is 1.17 bits per heavy atom. The van der Waals surface area contributed by atoms with Crippen molar-refractivity contribution in [1.29, 1.82) is 5.26 Å². The zero-order valence-electron chi connectivity index (χ0n) is 17.0. The number of anilines is 1. The summed E-state index contributed by atoms with van der Waals surface area (Å²) in [5.74, 6) is -0.0570. The van der Waals surface area contributed by atoms with Gasteiger partial charge in [-0.3, -0.25) is 9.59 Å². The maximum absolute atomic E-state index is 12.9. The Bertz CT molecular complexity index is 915. The van der Waals surface area contributed by atoms with Gasteiger partial charge in [-0.05, 0) is 48.9 Å². The van der Waals surface area contributed by atoms with Gasteiger partial charge in [0.15, 0.2) is 0 Å². The van der Waals surface area contributed by atoms with E-state index in [-0.39, 0.29) is 24.3 Å². The third kappa shape index (κ3) is 6.30. The van der Waals surface area contributed by atoms with Crippen LogP contribution in [-0.2, 0) is 9.59 Å². The van der Waals surface area contributed by atoms with E-state index in [0.717, 1.165) is 32.2 Å². The molecule has 6 heteroatoms. The molecule has 1 atom stereocenters. The normalized spacial score (nSPS) is 16.8. The van der Waals surface area contributed by atoms with Crippen LogP contribution in [0, 0.1) is 11.3 Å². The summed E-state index contributed by atoms with van der Waals surface area (Å²) in [6.07, 6.45) is 9.67. The minimum Gasteiger partial charge on any atom is -0.336 e. The van der Waals surface area contributed by atoms with Crippen LogP contribution in [-0.4, -0.2) is 29.3 Å². The molecule has 30 heavy (non-hydrogen) atoms. The second kappa shape index (κ2) is 11.3. The summed E-state index contributed by atoms with van der Waals surface area (Å²) < 4.78 is 0. The standard InChI is InChI=1S/C24H27N3O2S/c25-18-19-8-3-4-11-22(19)26-23(28)12-6-13-24(29)27-16-5-1-2-9-20(27)14-15-21-10-7-17-30-21/h3-4,7-8,10-11,14-15,17,20H,1-2,5-6,9,12-13,16H2,(H,26,28). The van der Waals surface area contributed by atoms with E-state index < -0.39 is 0 Å². The Morgan fingerprint density at radius 3 is 2.83 bits per heavy atom. The fourth-order valence-corrected chi connectivity index (χ4v) is 4.31. The molecule has 1 aliphatic heterocycles. The predicted octanol–water partition coefficient (Wildman–Crippen LogP) is 5.21. The van der Waals surface area contributed by atoms with Gasteiger partial charge in [0.1, 0.15) is 6.07 Å². The zero-order chi connectivity index (χ0) is 21.2. The zero-order valence-corrected chi connectivity index (χ0v) is 17.9. The third-order valence-corrected chi connectivity index (χ3v) is 6.10. The van der Waals surface area contributed by atoms with Crippen LogP contribution in [0.5, 0.6) is 0 Å². The largest absolute Gasteiger partial charge is 0.336 e. The Balaban J connectivity index is 1.51. The number of rotatable bonds is 7. The lowest BCUT2D eigenvalue weighted by Crippen LogP contribution is -2.38. The monoisotopic (exact) mass is 421 g/mol. The Hall–Kier alpha value is -2.91. The molecule has 1 N–H and O–H groups in total. The topological polar surface area (TPSA) is 73.2 Å². The molecule has 0 spiro atoms. The fraction of sp³-hybridized carbons (Fsp3) is 0.375. The molecule has 3 rings (SSSR count). The number of nitrogens with one attached hydrogen (secondary N) is 1. The molecule has 1 fully saturated rings. The number of para-hydroxylation sites is 1. The molecule has 5 nitrogen and oxygen atoms in total. The lowest BCUT2D eigenvalue weighted by Gasteiger charge is -2.28. The highest BCUT2D eigenvalue weighted by Gasteiger charge is 2.23. The van der Waals surface area contributed by atoms with E-state index in [1.807, 2.05) is 11.0 Å². The van der Waals surface area contributed by atoms with Gasteiger partial charge in [-0.15, -0.1) is 11.3 Å². The number of nitriles is 1. The van der Waals surface area contributed by atoms with Gasteiger partial charge in [-0.1, -0.05) is 37.1 Å². The van der Waals surface area contributed by atoms with Crippen LogP contribution in [0.3, 0.4) is 0 Å². The SMILES string of the molecule is N#Cc1ccccc1NC(=O)CCCC(=O)N1CCCCCC1C=Cc1cccs1. The van der Waals surface area contributed by atoms with Gasteiger partial charge >= 0.3 is 0 Å². The number of carbonyl (C=O) groups excluding carboxylic acids is 2. The molecule has 2 aromatic rings. The molecule has 0 bridgehead atoms. The van der Waals surface area contributed by atoms with Crippen molar-refractivity contribution in [3.8, 4) is 6.07 Å². The second-order valence-corrected chi connectivity index (χ2v) is 8.42. The summed E-state index contributed by atoms with van der Waals surface area (Å²) in [6.45, 7) is 0.778. The van der Waals surface area contributed by atoms with Crippen LogP contribution in [0.4, 0.5) is 5.69 Å². The van der Waals surface area contributed by atoms with E-state index in [4.69, 9.17) is 5.26 Å². The number of thiophene rings is 1. The van der Waals surface area contributed by atoms with Crippen LogP contribution < -0.4 is 5.32 Å². The van der Waals surface area contributed by atoms with E-state index in [9.17, 15) is 9.59 Å². The van der Waals surface area contributed by atoms with E-state index in [2.05, 4.69) is 35.0 Å². The molecule has 0 aliphatic carbocycles. The van der Waals surface area contributed by atoms with Gasteiger partial charge in [-0.25, -0.2) is 0 Å². The second-order valence-electron chi connectivity index (χ2n) is 7.44. The van der Waals surface area contributed by atoms with Crippen molar-refractivity contribution < 1.29 is 9.59 Å². The highest BCUT2D eigenvalue weighted by molar-refractivity contribution is 7.10. The minimum absolute atomic E-state index is 0.114. The molecule has 1 aromatic heterocycles. The van der Waals surface area contributed by atoms with E-state index in [1.54, 1.807) is 35.6 Å². The lowest BCUT2D eigenvalue weighted by atomic mass is 10.1. The van der Waals surface area contributed by atoms with E-state index in [1.165, 1.54) is 4.88 Å². The van der Waals surface area contributed by atoms with Crippen molar-refractivity contribution in [3.05, 3.63) is 58.3 Å². The number of likely N-dealkylation sites (tertiary alicyclic amines) is 1. The molecule has 1 saturated heterocycles. The number of benzene rings is 1. The molecule has 0 saturated carbocycles. The highest BCUT2D eigenvalue weighted by Crippen LogP contribution is 2.21. The summed E-state index contributed by atoms with van der Waals surface area (Å²) in [5.41, 5.74) is 0.953. The molecule has 156 valence electrons. The van der Waals surface area contributed by atoms with Crippen LogP contribution in [0.15, 0.2) is 47.9 Å². The maximum Gasteiger partial charge on any atom is 0.224 e. The van der Waals surface area contributed by atoms with Crippen LogP contribution >= 0.6 is 11.3 Å². The molecule has 1 aliphatic rings. The van der Waals surface area contributed by atoms with Gasteiger partial charge in [0, 0.05) is 24.3 Å². The van der Waals surface area contributed by atoms with Crippen LogP contribution in [0.2, 0.25) is 0 Å². The average molecular weight is 422 g/mol. The molecule has 2 heterocycles. The van der Waals surface area contributed by atoms with Crippen LogP contribution in [0.25, 0.3) is 6.08 Å². The smallest absolute Gasteiger partial charge is 0.224 e. The third-order valence-electron chi connectivity index (χ3n) is 5.26. The Kier molecular flexibility index (Phi) is 8.22. The molecular weight excluding hydrogens is 394 g/mol. The molecule has 0 radical (unpaired) electrons. The van der Waals surface area contributed by atoms with E-state index in [0.29, 0.717) is 24.1 Å². The lowest BCUT2D eigenvalue weighted by molar-refractivity contribution is -0.132. The summed E-state index contributed by atoms with van der Waals surface area (Å²) in [5, 5.41) is 13.9. The summed E-state index contributed by atoms with van der Waals surface area (Å²) in [6, 6.07) is 13.2. The maximum atomic E-state index is 12.9. The first-order valence-corrected chi connectivity index (χ1v) is 11.4. The summed E-state index contributed by atoms with van der Waals surface area (Å²) in [4.78, 5) is 28.3. The average Bonchev–Trinajstić information content (AvgIpc) is 3.16. The molecule has 1 unspecified atom stereocenters. The van der Waals surface area contributed by atoms with Gasteiger partial charge in [0.2, 0.25) is 11.8 Å². The number of hydrogen-bond acceptors (Lipinski definition) is 4. The van der Waals surface area contributed by atoms with Crippen molar-refractivity contribution >= 4 is 34.9 Å². The molecular formula is C24H27N3O2S. The predicted molar refractivity (Wildman–Crippen MR) is 121 cm³/mol. The highest BCUT2D eigenvalue weighted by atomic mass is 32.1.